The van der Waals surface area contributed by atoms with E-state index in [1.165, 1.54) is 4.90 Å². The van der Waals surface area contributed by atoms with Crippen LogP contribution in [0.15, 0.2) is 30.3 Å². The molecule has 0 aliphatic heterocycles. The Bertz CT molecular complexity index is 476. The predicted molar refractivity (Wildman–Crippen MR) is 75.6 cm³/mol. The molecule has 0 heterocycles. The van der Waals surface area contributed by atoms with Gasteiger partial charge in [0, 0.05) is 13.1 Å². The van der Waals surface area contributed by atoms with Crippen molar-refractivity contribution in [1.82, 2.24) is 10.2 Å². The van der Waals surface area contributed by atoms with E-state index < -0.39 is 24.1 Å². The summed E-state index contributed by atoms with van der Waals surface area (Å²) in [5.41, 5.74) is -1.15. The van der Waals surface area contributed by atoms with Gasteiger partial charge in [-0.1, -0.05) is 30.3 Å². The summed E-state index contributed by atoms with van der Waals surface area (Å²) in [5.74, 6) is -1.42. The average Bonchev–Trinajstić information content (AvgIpc) is 2.45. The molecule has 0 fully saturated rings. The molecular formula is C14H20N2O5. The largest absolute Gasteiger partial charge is 0.479 e. The summed E-state index contributed by atoms with van der Waals surface area (Å²) in [6.07, 6.45) is 0. The standard InChI is InChI=1S/C14H20N2O5/c1-14(21,12(18)19)10-15-13(20)16(7-8-17)9-11-5-3-2-4-6-11/h2-6,17,21H,7-10H2,1H3,(H,15,20)(H,18,19). The summed E-state index contributed by atoms with van der Waals surface area (Å²) in [5, 5.41) is 29.7. The van der Waals surface area contributed by atoms with E-state index in [0.717, 1.165) is 12.5 Å². The van der Waals surface area contributed by atoms with Crippen LogP contribution in [0.25, 0.3) is 0 Å². The summed E-state index contributed by atoms with van der Waals surface area (Å²) < 4.78 is 0. The van der Waals surface area contributed by atoms with Crippen LogP contribution in [0.3, 0.4) is 0 Å². The highest BCUT2D eigenvalue weighted by Gasteiger charge is 2.30. The first-order valence-electron chi connectivity index (χ1n) is 6.50. The molecule has 1 atom stereocenters. The van der Waals surface area contributed by atoms with Gasteiger partial charge in [-0.2, -0.15) is 0 Å². The van der Waals surface area contributed by atoms with Gasteiger partial charge in [0.15, 0.2) is 5.60 Å². The minimum absolute atomic E-state index is 0.107. The maximum absolute atomic E-state index is 12.0. The zero-order chi connectivity index (χ0) is 15.9. The van der Waals surface area contributed by atoms with E-state index in [-0.39, 0.29) is 19.7 Å². The number of amides is 2. The molecule has 0 spiro atoms. The molecule has 1 unspecified atom stereocenters. The van der Waals surface area contributed by atoms with Gasteiger partial charge in [-0.3, -0.25) is 0 Å². The van der Waals surface area contributed by atoms with Crippen molar-refractivity contribution in [3.05, 3.63) is 35.9 Å². The fourth-order valence-electron chi connectivity index (χ4n) is 1.61. The smallest absolute Gasteiger partial charge is 0.337 e. The molecule has 1 rings (SSSR count). The first-order valence-corrected chi connectivity index (χ1v) is 6.50. The number of carbonyl (C=O) groups excluding carboxylic acids is 1. The first kappa shape index (κ1) is 16.9. The quantitative estimate of drug-likeness (QED) is 0.567. The predicted octanol–water partition coefficient (Wildman–Crippen LogP) is 0.0261. The SMILES string of the molecule is CC(O)(CNC(=O)N(CCO)Cc1ccccc1)C(=O)O. The van der Waals surface area contributed by atoms with Crippen LogP contribution in [0.4, 0.5) is 4.79 Å². The number of aliphatic carboxylic acids is 1. The number of nitrogens with zero attached hydrogens (tertiary/aromatic N) is 1. The van der Waals surface area contributed by atoms with Crippen molar-refractivity contribution in [2.75, 3.05) is 19.7 Å². The van der Waals surface area contributed by atoms with Crippen LogP contribution in [0, 0.1) is 0 Å². The Balaban J connectivity index is 2.63. The van der Waals surface area contributed by atoms with Crippen molar-refractivity contribution in [3.63, 3.8) is 0 Å². The van der Waals surface area contributed by atoms with Gasteiger partial charge in [0.05, 0.1) is 13.2 Å². The van der Waals surface area contributed by atoms with Crippen LogP contribution in [0.5, 0.6) is 0 Å². The molecule has 7 heteroatoms. The van der Waals surface area contributed by atoms with E-state index in [9.17, 15) is 14.7 Å². The zero-order valence-electron chi connectivity index (χ0n) is 11.8. The molecule has 116 valence electrons. The molecule has 0 aromatic heterocycles. The van der Waals surface area contributed by atoms with E-state index in [1.54, 1.807) is 0 Å². The molecule has 2 amide bonds. The number of hydrogen-bond acceptors (Lipinski definition) is 4. The van der Waals surface area contributed by atoms with Crippen LogP contribution >= 0.6 is 0 Å². The molecule has 0 aliphatic rings. The van der Waals surface area contributed by atoms with Gasteiger partial charge in [-0.15, -0.1) is 0 Å². The molecule has 1 aromatic carbocycles. The lowest BCUT2D eigenvalue weighted by molar-refractivity contribution is -0.155. The van der Waals surface area contributed by atoms with Gasteiger partial charge in [-0.05, 0) is 12.5 Å². The molecule has 7 nitrogen and oxygen atoms in total. The number of carboxylic acids is 1. The average molecular weight is 296 g/mol. The number of urea groups is 1. The summed E-state index contributed by atoms with van der Waals surface area (Å²) in [4.78, 5) is 24.1. The lowest BCUT2D eigenvalue weighted by atomic mass is 10.1. The second-order valence-electron chi connectivity index (χ2n) is 4.87. The first-order chi connectivity index (χ1) is 9.86. The van der Waals surface area contributed by atoms with Crippen LogP contribution < -0.4 is 5.32 Å². The third kappa shape index (κ3) is 5.41. The lowest BCUT2D eigenvalue weighted by Gasteiger charge is -2.25. The molecule has 4 N–H and O–H groups in total. The van der Waals surface area contributed by atoms with Crippen LogP contribution in [-0.4, -0.2) is 57.5 Å². The fourth-order valence-corrected chi connectivity index (χ4v) is 1.61. The van der Waals surface area contributed by atoms with Gasteiger partial charge in [-0.25, -0.2) is 9.59 Å². The molecular weight excluding hydrogens is 276 g/mol. The lowest BCUT2D eigenvalue weighted by Crippen LogP contribution is -2.50. The third-order valence-electron chi connectivity index (χ3n) is 2.92. The summed E-state index contributed by atoms with van der Waals surface area (Å²) in [7, 11) is 0. The number of carbonyl (C=O) groups is 2. The van der Waals surface area contributed by atoms with Crippen molar-refractivity contribution in [2.24, 2.45) is 0 Å². The molecule has 1 aromatic rings. The number of benzene rings is 1. The van der Waals surface area contributed by atoms with Gasteiger partial charge in [0.1, 0.15) is 0 Å². The van der Waals surface area contributed by atoms with Crippen LogP contribution in [-0.2, 0) is 11.3 Å². The van der Waals surface area contributed by atoms with Gasteiger partial charge >= 0.3 is 12.0 Å². The number of rotatable bonds is 7. The van der Waals surface area contributed by atoms with E-state index in [0.29, 0.717) is 0 Å². The Kier molecular flexibility index (Phi) is 6.13. The minimum atomic E-state index is -2.03. The fraction of sp³-hybridized carbons (Fsp3) is 0.429. The maximum Gasteiger partial charge on any atom is 0.337 e. The highest BCUT2D eigenvalue weighted by Crippen LogP contribution is 2.06. The molecule has 21 heavy (non-hydrogen) atoms. The Morgan fingerprint density at radius 2 is 1.90 bits per heavy atom. The van der Waals surface area contributed by atoms with E-state index in [2.05, 4.69) is 5.32 Å². The Labute approximate surface area is 122 Å². The summed E-state index contributed by atoms with van der Waals surface area (Å²) in [6, 6.07) is 8.65. The van der Waals surface area contributed by atoms with E-state index in [4.69, 9.17) is 10.2 Å². The number of hydrogen-bond donors (Lipinski definition) is 4. The maximum atomic E-state index is 12.0. The van der Waals surface area contributed by atoms with E-state index in [1.807, 2.05) is 30.3 Å². The molecule has 0 bridgehead atoms. The second-order valence-corrected chi connectivity index (χ2v) is 4.87. The number of aliphatic hydroxyl groups is 2. The van der Waals surface area contributed by atoms with Crippen molar-refractivity contribution in [1.29, 1.82) is 0 Å². The third-order valence-corrected chi connectivity index (χ3v) is 2.92. The van der Waals surface area contributed by atoms with Gasteiger partial charge < -0.3 is 25.5 Å². The number of nitrogens with one attached hydrogen (secondary N) is 1. The number of carboxylic acid groups (broad SMARTS) is 1. The monoisotopic (exact) mass is 296 g/mol. The second kappa shape index (κ2) is 7.61. The highest BCUT2D eigenvalue weighted by molar-refractivity contribution is 5.79. The number of aliphatic hydroxyl groups excluding tert-OH is 1. The van der Waals surface area contributed by atoms with Gasteiger partial charge in [0.25, 0.3) is 0 Å². The summed E-state index contributed by atoms with van der Waals surface area (Å²) >= 11 is 0. The minimum Gasteiger partial charge on any atom is -0.479 e. The Morgan fingerprint density at radius 3 is 2.43 bits per heavy atom. The molecule has 0 aliphatic carbocycles. The molecule has 0 saturated heterocycles. The van der Waals surface area contributed by atoms with Crippen molar-refractivity contribution in [3.8, 4) is 0 Å². The van der Waals surface area contributed by atoms with Crippen molar-refractivity contribution in [2.45, 2.75) is 19.1 Å². The Morgan fingerprint density at radius 1 is 1.29 bits per heavy atom. The molecule has 0 saturated carbocycles. The summed E-state index contributed by atoms with van der Waals surface area (Å²) in [6.45, 7) is 0.856. The topological polar surface area (TPSA) is 110 Å². The van der Waals surface area contributed by atoms with Crippen LogP contribution in [0.2, 0.25) is 0 Å². The highest BCUT2D eigenvalue weighted by atomic mass is 16.4. The van der Waals surface area contributed by atoms with Gasteiger partial charge in [0.2, 0.25) is 0 Å². The molecule has 0 radical (unpaired) electrons. The Hall–Kier alpha value is -2.12. The van der Waals surface area contributed by atoms with Crippen molar-refractivity contribution >= 4 is 12.0 Å². The van der Waals surface area contributed by atoms with Crippen molar-refractivity contribution < 1.29 is 24.9 Å². The van der Waals surface area contributed by atoms with Crippen LogP contribution in [0.1, 0.15) is 12.5 Å². The normalized spacial score (nSPS) is 13.3. The van der Waals surface area contributed by atoms with E-state index >= 15 is 0 Å². The zero-order valence-corrected chi connectivity index (χ0v) is 11.8.